The topological polar surface area (TPSA) is 124 Å². The Bertz CT molecular complexity index is 1470. The van der Waals surface area contributed by atoms with E-state index in [9.17, 15) is 18.0 Å². The summed E-state index contributed by atoms with van der Waals surface area (Å²) in [5.41, 5.74) is 0.609. The van der Waals surface area contributed by atoms with Crippen LogP contribution in [-0.2, 0) is 37.2 Å². The van der Waals surface area contributed by atoms with Crippen LogP contribution in [0.3, 0.4) is 0 Å². The Kier molecular flexibility index (Phi) is 7.64. The number of benzene rings is 1. The minimum absolute atomic E-state index is 0.248. The summed E-state index contributed by atoms with van der Waals surface area (Å²) in [6.45, 7) is 5.96. The van der Waals surface area contributed by atoms with Crippen LogP contribution in [0.2, 0.25) is 0 Å². The normalized spacial score (nSPS) is 15.6. The summed E-state index contributed by atoms with van der Waals surface area (Å²) < 4.78 is 37.8. The summed E-state index contributed by atoms with van der Waals surface area (Å²) in [6.07, 6.45) is 1.54. The van der Waals surface area contributed by atoms with Crippen molar-refractivity contribution < 1.29 is 13.2 Å². The number of fused-ring (bicyclic) bond motifs is 1. The monoisotopic (exact) mass is 519 g/mol. The highest BCUT2D eigenvalue weighted by molar-refractivity contribution is 7.89. The van der Waals surface area contributed by atoms with Crippen molar-refractivity contribution in [3.05, 3.63) is 50.9 Å². The zero-order valence-electron chi connectivity index (χ0n) is 21.1. The molecule has 13 heteroatoms. The fraction of sp³-hybridized carbons (Fsp3) is 0.522. The van der Waals surface area contributed by atoms with Crippen molar-refractivity contribution in [2.24, 2.45) is 14.1 Å². The number of nitrogens with zero attached hydrogens (tertiary/aromatic N) is 6. The molecule has 12 nitrogen and oxygen atoms in total. The Balaban J connectivity index is 1.49. The van der Waals surface area contributed by atoms with E-state index in [-0.39, 0.29) is 4.90 Å². The summed E-state index contributed by atoms with van der Waals surface area (Å²) in [5.74, 6) is 0.624. The SMILES string of the molecule is CCOc1ccc(S(=O)(=O)N2CCN(C)CC2)cc1CNCCn1cnc2c1c(=O)n(C)c(=O)n2C. The highest BCUT2D eigenvalue weighted by atomic mass is 32.2. The minimum atomic E-state index is -3.60. The summed E-state index contributed by atoms with van der Waals surface area (Å²) in [5, 5.41) is 3.31. The minimum Gasteiger partial charge on any atom is -0.494 e. The summed E-state index contributed by atoms with van der Waals surface area (Å²) in [4.78, 5) is 31.3. The van der Waals surface area contributed by atoms with E-state index in [0.717, 1.165) is 10.1 Å². The fourth-order valence-corrected chi connectivity index (χ4v) is 5.79. The van der Waals surface area contributed by atoms with E-state index in [1.54, 1.807) is 36.1 Å². The second-order valence-electron chi connectivity index (χ2n) is 8.90. The van der Waals surface area contributed by atoms with Gasteiger partial charge in [0, 0.05) is 65.5 Å². The predicted octanol–water partition coefficient (Wildman–Crippen LogP) is -0.442. The van der Waals surface area contributed by atoms with Gasteiger partial charge in [-0.25, -0.2) is 18.2 Å². The molecule has 36 heavy (non-hydrogen) atoms. The van der Waals surface area contributed by atoms with E-state index in [1.165, 1.54) is 15.9 Å². The molecule has 1 aliphatic heterocycles. The van der Waals surface area contributed by atoms with Gasteiger partial charge in [-0.2, -0.15) is 4.31 Å². The molecular formula is C23H33N7O5S. The maximum atomic E-state index is 13.2. The molecular weight excluding hydrogens is 486 g/mol. The molecule has 0 bridgehead atoms. The smallest absolute Gasteiger partial charge is 0.332 e. The van der Waals surface area contributed by atoms with Gasteiger partial charge in [-0.05, 0) is 32.2 Å². The first-order valence-electron chi connectivity index (χ1n) is 11.9. The van der Waals surface area contributed by atoms with Crippen LogP contribution < -0.4 is 21.3 Å². The van der Waals surface area contributed by atoms with E-state index >= 15 is 0 Å². The molecule has 1 fully saturated rings. The van der Waals surface area contributed by atoms with Gasteiger partial charge in [0.2, 0.25) is 10.0 Å². The Morgan fingerprint density at radius 3 is 2.47 bits per heavy atom. The number of nitrogens with one attached hydrogen (secondary N) is 1. The van der Waals surface area contributed by atoms with Gasteiger partial charge in [-0.3, -0.25) is 13.9 Å². The lowest BCUT2D eigenvalue weighted by atomic mass is 10.2. The molecule has 4 rings (SSSR count). The van der Waals surface area contributed by atoms with Crippen LogP contribution >= 0.6 is 0 Å². The number of hydrogen-bond donors (Lipinski definition) is 1. The third-order valence-electron chi connectivity index (χ3n) is 6.49. The van der Waals surface area contributed by atoms with Crippen molar-refractivity contribution in [1.29, 1.82) is 0 Å². The lowest BCUT2D eigenvalue weighted by Crippen LogP contribution is -2.47. The summed E-state index contributed by atoms with van der Waals surface area (Å²) in [7, 11) is 1.41. The van der Waals surface area contributed by atoms with Crippen molar-refractivity contribution in [1.82, 2.24) is 33.2 Å². The fourth-order valence-electron chi connectivity index (χ4n) is 4.32. The molecule has 0 saturated carbocycles. The zero-order chi connectivity index (χ0) is 26.0. The number of rotatable bonds is 9. The molecule has 3 heterocycles. The molecule has 1 saturated heterocycles. The molecule has 0 spiro atoms. The standard InChI is InChI=1S/C23H33N7O5S/c1-5-35-19-7-6-18(36(33,34)30-12-10-26(2)11-13-30)14-17(19)15-24-8-9-29-16-25-21-20(29)22(31)28(4)23(32)27(21)3/h6-7,14,16,24H,5,8-13,15H2,1-4H3. The number of aryl methyl sites for hydroxylation is 1. The molecule has 1 aliphatic rings. The van der Waals surface area contributed by atoms with E-state index in [1.807, 2.05) is 14.0 Å². The molecule has 1 N–H and O–H groups in total. The highest BCUT2D eigenvalue weighted by Gasteiger charge is 2.28. The summed E-state index contributed by atoms with van der Waals surface area (Å²) in [6, 6.07) is 4.97. The van der Waals surface area contributed by atoms with Crippen LogP contribution in [-0.4, -0.2) is 82.7 Å². The maximum Gasteiger partial charge on any atom is 0.332 e. The Hall–Kier alpha value is -3.00. The Labute approximate surface area is 209 Å². The van der Waals surface area contributed by atoms with Gasteiger partial charge in [0.15, 0.2) is 11.2 Å². The molecule has 0 aliphatic carbocycles. The Morgan fingerprint density at radius 1 is 1.06 bits per heavy atom. The number of ether oxygens (including phenoxy) is 1. The number of sulfonamides is 1. The quantitative estimate of drug-likeness (QED) is 0.378. The average Bonchev–Trinajstić information content (AvgIpc) is 3.29. The van der Waals surface area contributed by atoms with Crippen molar-refractivity contribution in [3.8, 4) is 5.75 Å². The largest absolute Gasteiger partial charge is 0.494 e. The van der Waals surface area contributed by atoms with Gasteiger partial charge in [-0.15, -0.1) is 0 Å². The van der Waals surface area contributed by atoms with Crippen LogP contribution in [0.1, 0.15) is 12.5 Å². The van der Waals surface area contributed by atoms with E-state index < -0.39 is 21.3 Å². The lowest BCUT2D eigenvalue weighted by molar-refractivity contribution is 0.222. The van der Waals surface area contributed by atoms with Gasteiger partial charge in [0.1, 0.15) is 5.75 Å². The molecule has 0 radical (unpaired) electrons. The van der Waals surface area contributed by atoms with Gasteiger partial charge in [0.25, 0.3) is 5.56 Å². The van der Waals surface area contributed by atoms with E-state index in [2.05, 4.69) is 15.2 Å². The lowest BCUT2D eigenvalue weighted by Gasteiger charge is -2.31. The molecule has 1 aromatic carbocycles. The van der Waals surface area contributed by atoms with Gasteiger partial charge < -0.3 is 19.5 Å². The Morgan fingerprint density at radius 2 is 1.78 bits per heavy atom. The predicted molar refractivity (Wildman–Crippen MR) is 136 cm³/mol. The number of aromatic nitrogens is 4. The van der Waals surface area contributed by atoms with Crippen LogP contribution in [0, 0.1) is 0 Å². The second-order valence-corrected chi connectivity index (χ2v) is 10.8. The first-order chi connectivity index (χ1) is 17.1. The first-order valence-corrected chi connectivity index (χ1v) is 13.3. The second kappa shape index (κ2) is 10.5. The first kappa shape index (κ1) is 26.1. The van der Waals surface area contributed by atoms with Crippen LogP contribution in [0.15, 0.2) is 39.0 Å². The van der Waals surface area contributed by atoms with Crippen molar-refractivity contribution in [3.63, 3.8) is 0 Å². The maximum absolute atomic E-state index is 13.2. The molecule has 0 amide bonds. The van der Waals surface area contributed by atoms with Crippen molar-refractivity contribution >= 4 is 21.2 Å². The highest BCUT2D eigenvalue weighted by Crippen LogP contribution is 2.25. The third-order valence-corrected chi connectivity index (χ3v) is 8.39. The molecule has 3 aromatic rings. The van der Waals surface area contributed by atoms with Crippen LogP contribution in [0.5, 0.6) is 5.75 Å². The van der Waals surface area contributed by atoms with Gasteiger partial charge in [0.05, 0.1) is 17.8 Å². The number of likely N-dealkylation sites (N-methyl/N-ethyl adjacent to an activating group) is 1. The van der Waals surface area contributed by atoms with Gasteiger partial charge in [-0.1, -0.05) is 0 Å². The number of piperazine rings is 1. The number of imidazole rings is 1. The van der Waals surface area contributed by atoms with Crippen LogP contribution in [0.25, 0.3) is 11.2 Å². The molecule has 2 aromatic heterocycles. The summed E-state index contributed by atoms with van der Waals surface area (Å²) >= 11 is 0. The van der Waals surface area contributed by atoms with Crippen molar-refractivity contribution in [2.75, 3.05) is 46.4 Å². The third kappa shape index (κ3) is 4.96. The molecule has 196 valence electrons. The average molecular weight is 520 g/mol. The number of hydrogen-bond acceptors (Lipinski definition) is 8. The van der Waals surface area contributed by atoms with Crippen molar-refractivity contribution in [2.45, 2.75) is 24.9 Å². The molecule has 0 atom stereocenters. The van der Waals surface area contributed by atoms with E-state index in [0.29, 0.717) is 69.3 Å². The van der Waals surface area contributed by atoms with Gasteiger partial charge >= 0.3 is 5.69 Å². The van der Waals surface area contributed by atoms with E-state index in [4.69, 9.17) is 4.74 Å². The van der Waals surface area contributed by atoms with Crippen LogP contribution in [0.4, 0.5) is 0 Å². The zero-order valence-corrected chi connectivity index (χ0v) is 21.9. The molecule has 0 unspecified atom stereocenters.